The first-order valence-electron chi connectivity index (χ1n) is 4.77. The second-order valence-electron chi connectivity index (χ2n) is 3.49. The van der Waals surface area contributed by atoms with Gasteiger partial charge in [0.05, 0.1) is 12.1 Å². The van der Waals surface area contributed by atoms with Crippen LogP contribution in [0.2, 0.25) is 5.02 Å². The standard InChI is InChI=1S/C12H14ClNO2/c1-14(2)7-6-11(15)9-4-5-10(13)12(8-9)16-3/h4-8H,1-3H3. The molecule has 0 radical (unpaired) electrons. The Bertz CT molecular complexity index is 413. The highest BCUT2D eigenvalue weighted by Gasteiger charge is 2.06. The molecule has 0 aliphatic heterocycles. The highest BCUT2D eigenvalue weighted by Crippen LogP contribution is 2.25. The lowest BCUT2D eigenvalue weighted by Gasteiger charge is -2.05. The fourth-order valence-electron chi connectivity index (χ4n) is 1.13. The average Bonchev–Trinajstić information content (AvgIpc) is 2.26. The third kappa shape index (κ3) is 3.28. The van der Waals surface area contributed by atoms with Crippen LogP contribution in [0.15, 0.2) is 30.5 Å². The van der Waals surface area contributed by atoms with Crippen LogP contribution in [0.4, 0.5) is 0 Å². The summed E-state index contributed by atoms with van der Waals surface area (Å²) in [6.07, 6.45) is 3.20. The number of carbonyl (C=O) groups is 1. The Morgan fingerprint density at radius 2 is 2.12 bits per heavy atom. The van der Waals surface area contributed by atoms with Crippen LogP contribution in [0.25, 0.3) is 0 Å². The summed E-state index contributed by atoms with van der Waals surface area (Å²) in [7, 11) is 5.23. The van der Waals surface area contributed by atoms with E-state index in [1.54, 1.807) is 29.3 Å². The molecule has 0 fully saturated rings. The summed E-state index contributed by atoms with van der Waals surface area (Å²) in [5, 5.41) is 0.496. The molecule has 0 bridgehead atoms. The number of hydrogen-bond donors (Lipinski definition) is 0. The van der Waals surface area contributed by atoms with E-state index < -0.39 is 0 Å². The number of carbonyl (C=O) groups excluding carboxylic acids is 1. The van der Waals surface area contributed by atoms with Gasteiger partial charge in [0.1, 0.15) is 5.75 Å². The third-order valence-corrected chi connectivity index (χ3v) is 2.27. The van der Waals surface area contributed by atoms with E-state index >= 15 is 0 Å². The Labute approximate surface area is 100 Å². The van der Waals surface area contributed by atoms with Crippen LogP contribution in [0, 0.1) is 0 Å². The van der Waals surface area contributed by atoms with Gasteiger partial charge in [-0.2, -0.15) is 0 Å². The smallest absolute Gasteiger partial charge is 0.187 e. The highest BCUT2D eigenvalue weighted by atomic mass is 35.5. The minimum atomic E-state index is -0.0799. The van der Waals surface area contributed by atoms with Gasteiger partial charge in [-0.3, -0.25) is 4.79 Å². The van der Waals surface area contributed by atoms with E-state index in [4.69, 9.17) is 16.3 Å². The quantitative estimate of drug-likeness (QED) is 0.598. The van der Waals surface area contributed by atoms with Gasteiger partial charge in [-0.25, -0.2) is 0 Å². The van der Waals surface area contributed by atoms with Gasteiger partial charge >= 0.3 is 0 Å². The number of nitrogens with zero attached hydrogens (tertiary/aromatic N) is 1. The molecule has 0 aliphatic carbocycles. The summed E-state index contributed by atoms with van der Waals surface area (Å²) in [6.45, 7) is 0. The number of benzene rings is 1. The Morgan fingerprint density at radius 1 is 1.44 bits per heavy atom. The Balaban J connectivity index is 2.92. The zero-order chi connectivity index (χ0) is 12.1. The van der Waals surface area contributed by atoms with Crippen LogP contribution in [0.3, 0.4) is 0 Å². The van der Waals surface area contributed by atoms with Gasteiger partial charge in [0, 0.05) is 31.9 Å². The van der Waals surface area contributed by atoms with Crippen molar-refractivity contribution in [3.8, 4) is 5.75 Å². The van der Waals surface area contributed by atoms with Gasteiger partial charge < -0.3 is 9.64 Å². The van der Waals surface area contributed by atoms with Crippen LogP contribution >= 0.6 is 11.6 Å². The second kappa shape index (κ2) is 5.56. The molecule has 0 unspecified atom stereocenters. The van der Waals surface area contributed by atoms with Crippen LogP contribution < -0.4 is 4.74 Å². The summed E-state index contributed by atoms with van der Waals surface area (Å²) in [4.78, 5) is 13.5. The zero-order valence-corrected chi connectivity index (χ0v) is 10.3. The van der Waals surface area contributed by atoms with Crippen molar-refractivity contribution in [1.82, 2.24) is 4.90 Å². The summed E-state index contributed by atoms with van der Waals surface area (Å²) >= 11 is 5.87. The van der Waals surface area contributed by atoms with Crippen LogP contribution in [0.5, 0.6) is 5.75 Å². The molecular weight excluding hydrogens is 226 g/mol. The van der Waals surface area contributed by atoms with Gasteiger partial charge in [-0.05, 0) is 18.2 Å². The molecule has 4 heteroatoms. The molecule has 0 saturated carbocycles. The van der Waals surface area contributed by atoms with Crippen molar-refractivity contribution >= 4 is 17.4 Å². The molecule has 1 rings (SSSR count). The molecule has 1 aromatic carbocycles. The summed E-state index contributed by atoms with van der Waals surface area (Å²) in [5.74, 6) is 0.425. The second-order valence-corrected chi connectivity index (χ2v) is 3.90. The number of halogens is 1. The maximum Gasteiger partial charge on any atom is 0.187 e. The fourth-order valence-corrected chi connectivity index (χ4v) is 1.32. The highest BCUT2D eigenvalue weighted by molar-refractivity contribution is 6.32. The van der Waals surface area contributed by atoms with Crippen LogP contribution in [-0.2, 0) is 0 Å². The Kier molecular flexibility index (Phi) is 4.38. The lowest BCUT2D eigenvalue weighted by atomic mass is 10.1. The normalized spacial score (nSPS) is 10.5. The molecule has 1 aromatic rings. The molecule has 0 aromatic heterocycles. The zero-order valence-electron chi connectivity index (χ0n) is 9.53. The van der Waals surface area contributed by atoms with Crippen LogP contribution in [-0.4, -0.2) is 31.9 Å². The maximum absolute atomic E-state index is 11.7. The van der Waals surface area contributed by atoms with Crippen molar-refractivity contribution in [2.75, 3.05) is 21.2 Å². The minimum Gasteiger partial charge on any atom is -0.495 e. The number of allylic oxidation sites excluding steroid dienone is 1. The number of ether oxygens (including phenoxy) is 1. The predicted molar refractivity (Wildman–Crippen MR) is 65.2 cm³/mol. The fraction of sp³-hybridized carbons (Fsp3) is 0.250. The van der Waals surface area contributed by atoms with Gasteiger partial charge in [-0.15, -0.1) is 0 Å². The lowest BCUT2D eigenvalue weighted by Crippen LogP contribution is -2.03. The Morgan fingerprint density at radius 3 is 2.69 bits per heavy atom. The third-order valence-electron chi connectivity index (χ3n) is 1.96. The summed E-state index contributed by atoms with van der Waals surface area (Å²) < 4.78 is 5.04. The molecule has 3 nitrogen and oxygen atoms in total. The average molecular weight is 240 g/mol. The summed E-state index contributed by atoms with van der Waals surface area (Å²) in [5.41, 5.74) is 0.555. The molecule has 0 aliphatic rings. The van der Waals surface area contributed by atoms with Crippen molar-refractivity contribution < 1.29 is 9.53 Å². The SMILES string of the molecule is COc1cc(C(=O)C=CN(C)C)ccc1Cl. The van der Waals surface area contributed by atoms with E-state index in [9.17, 15) is 4.79 Å². The van der Waals surface area contributed by atoms with E-state index in [0.717, 1.165) is 0 Å². The van der Waals surface area contributed by atoms with Gasteiger partial charge in [0.15, 0.2) is 5.78 Å². The predicted octanol–water partition coefficient (Wildman–Crippen LogP) is 2.61. The van der Waals surface area contributed by atoms with E-state index in [1.807, 2.05) is 14.1 Å². The monoisotopic (exact) mass is 239 g/mol. The first-order valence-corrected chi connectivity index (χ1v) is 5.15. The largest absolute Gasteiger partial charge is 0.495 e. The summed E-state index contributed by atoms with van der Waals surface area (Å²) in [6, 6.07) is 4.95. The lowest BCUT2D eigenvalue weighted by molar-refractivity contribution is 0.104. The molecule has 0 N–H and O–H groups in total. The van der Waals surface area contributed by atoms with Crippen molar-refractivity contribution in [1.29, 1.82) is 0 Å². The van der Waals surface area contributed by atoms with E-state index in [1.165, 1.54) is 13.2 Å². The number of methoxy groups -OCH3 is 1. The van der Waals surface area contributed by atoms with Gasteiger partial charge in [0.25, 0.3) is 0 Å². The minimum absolute atomic E-state index is 0.0799. The van der Waals surface area contributed by atoms with Crippen molar-refractivity contribution in [2.45, 2.75) is 0 Å². The van der Waals surface area contributed by atoms with Crippen molar-refractivity contribution in [3.63, 3.8) is 0 Å². The first-order chi connectivity index (χ1) is 7.54. The van der Waals surface area contributed by atoms with Gasteiger partial charge in [-0.1, -0.05) is 11.6 Å². The number of ketones is 1. The van der Waals surface area contributed by atoms with Crippen molar-refractivity contribution in [2.24, 2.45) is 0 Å². The molecule has 0 spiro atoms. The van der Waals surface area contributed by atoms with Crippen LogP contribution in [0.1, 0.15) is 10.4 Å². The molecule has 0 heterocycles. The molecule has 0 atom stereocenters. The molecule has 86 valence electrons. The van der Waals surface area contributed by atoms with E-state index in [0.29, 0.717) is 16.3 Å². The van der Waals surface area contributed by atoms with E-state index in [-0.39, 0.29) is 5.78 Å². The first kappa shape index (κ1) is 12.6. The van der Waals surface area contributed by atoms with Crippen molar-refractivity contribution in [3.05, 3.63) is 41.1 Å². The van der Waals surface area contributed by atoms with Gasteiger partial charge in [0.2, 0.25) is 0 Å². The number of hydrogen-bond acceptors (Lipinski definition) is 3. The molecule has 0 saturated heterocycles. The van der Waals surface area contributed by atoms with E-state index in [2.05, 4.69) is 0 Å². The topological polar surface area (TPSA) is 29.5 Å². The number of rotatable bonds is 4. The maximum atomic E-state index is 11.7. The molecule has 0 amide bonds. The Hall–Kier alpha value is -1.48. The molecular formula is C12H14ClNO2. The molecule has 16 heavy (non-hydrogen) atoms.